The lowest BCUT2D eigenvalue weighted by Gasteiger charge is -2.44. The van der Waals surface area contributed by atoms with Crippen LogP contribution in [0, 0.1) is 35.0 Å². The summed E-state index contributed by atoms with van der Waals surface area (Å²) < 4.78 is 0. The van der Waals surface area contributed by atoms with Gasteiger partial charge in [0, 0.05) is 6.42 Å². The van der Waals surface area contributed by atoms with Crippen molar-refractivity contribution in [1.82, 2.24) is 0 Å². The van der Waals surface area contributed by atoms with Crippen LogP contribution in [0.2, 0.25) is 0 Å². The predicted molar refractivity (Wildman–Crippen MR) is 127 cm³/mol. The summed E-state index contributed by atoms with van der Waals surface area (Å²) in [4.78, 5) is 0. The Labute approximate surface area is 184 Å². The van der Waals surface area contributed by atoms with Crippen molar-refractivity contribution in [1.29, 1.82) is 0 Å². The van der Waals surface area contributed by atoms with E-state index in [2.05, 4.69) is 65.5 Å². The number of aliphatic hydroxyl groups excluding tert-OH is 2. The molecular weight excluding hydrogens is 368 g/mol. The number of fused-ring (bicyclic) bond motifs is 1. The first-order valence-electron chi connectivity index (χ1n) is 12.3. The molecule has 0 saturated heterocycles. The standard InChI is InChI=1S/C28H44O2/c1-18(2)19(3)9-10-20(4)25-13-14-26-22(8-7-15-28(25,26)6)11-12-23-16-24(29)17-27(30)21(23)5/h9-12,18-20,24-27,29-30H,5,7-8,13-17H2,1-4,6H3/b10-9+,22-11?,23-12?/t19-,20+,24+,25+,26-,27+,28+/m0/s1. The monoisotopic (exact) mass is 412 g/mol. The van der Waals surface area contributed by atoms with Crippen LogP contribution in [0.3, 0.4) is 0 Å². The highest BCUT2D eigenvalue weighted by molar-refractivity contribution is 5.38. The lowest BCUT2D eigenvalue weighted by atomic mass is 9.61. The lowest BCUT2D eigenvalue weighted by Crippen LogP contribution is -2.35. The van der Waals surface area contributed by atoms with Gasteiger partial charge in [-0.25, -0.2) is 0 Å². The first-order chi connectivity index (χ1) is 14.1. The van der Waals surface area contributed by atoms with Crippen LogP contribution in [0.15, 0.2) is 47.6 Å². The Morgan fingerprint density at radius 1 is 1.07 bits per heavy atom. The minimum Gasteiger partial charge on any atom is -0.393 e. The Morgan fingerprint density at radius 3 is 2.50 bits per heavy atom. The number of hydrogen-bond donors (Lipinski definition) is 2. The average molecular weight is 413 g/mol. The Bertz CT molecular complexity index is 712. The van der Waals surface area contributed by atoms with Crippen LogP contribution < -0.4 is 0 Å². The second kappa shape index (κ2) is 9.57. The average Bonchev–Trinajstić information content (AvgIpc) is 3.04. The fourth-order valence-corrected chi connectivity index (χ4v) is 6.32. The second-order valence-corrected chi connectivity index (χ2v) is 11.0. The third-order valence-corrected chi connectivity index (χ3v) is 8.71. The fraction of sp³-hybridized carbons (Fsp3) is 0.714. The van der Waals surface area contributed by atoms with Crippen molar-refractivity contribution in [3.63, 3.8) is 0 Å². The summed E-state index contributed by atoms with van der Waals surface area (Å²) in [5.41, 5.74) is 3.77. The number of rotatable bonds is 5. The summed E-state index contributed by atoms with van der Waals surface area (Å²) in [5, 5.41) is 20.2. The van der Waals surface area contributed by atoms with Crippen molar-refractivity contribution in [2.45, 2.75) is 91.8 Å². The summed E-state index contributed by atoms with van der Waals surface area (Å²) in [5.74, 6) is 3.38. The van der Waals surface area contributed by atoms with Gasteiger partial charge in [-0.1, -0.05) is 71.1 Å². The van der Waals surface area contributed by atoms with Gasteiger partial charge in [0.2, 0.25) is 0 Å². The summed E-state index contributed by atoms with van der Waals surface area (Å²) in [6.07, 6.45) is 15.8. The molecule has 3 aliphatic carbocycles. The normalized spacial score (nSPS) is 39.8. The molecule has 0 aromatic heterocycles. The van der Waals surface area contributed by atoms with E-state index in [0.29, 0.717) is 41.9 Å². The van der Waals surface area contributed by atoms with Gasteiger partial charge in [0.1, 0.15) is 0 Å². The number of hydrogen-bond acceptors (Lipinski definition) is 2. The summed E-state index contributed by atoms with van der Waals surface area (Å²) in [6, 6.07) is 0. The maximum absolute atomic E-state index is 10.1. The minimum atomic E-state index is -0.605. The van der Waals surface area contributed by atoms with Crippen LogP contribution in [0.1, 0.15) is 79.6 Å². The molecule has 0 bridgehead atoms. The topological polar surface area (TPSA) is 40.5 Å². The third-order valence-electron chi connectivity index (χ3n) is 8.71. The summed E-state index contributed by atoms with van der Waals surface area (Å²) >= 11 is 0. The Hall–Kier alpha value is -1.12. The van der Waals surface area contributed by atoms with E-state index in [9.17, 15) is 10.2 Å². The van der Waals surface area contributed by atoms with E-state index in [1.54, 1.807) is 5.57 Å². The van der Waals surface area contributed by atoms with Crippen LogP contribution in [0.25, 0.3) is 0 Å². The highest BCUT2D eigenvalue weighted by atomic mass is 16.3. The van der Waals surface area contributed by atoms with Crippen LogP contribution in [0.4, 0.5) is 0 Å². The largest absolute Gasteiger partial charge is 0.393 e. The van der Waals surface area contributed by atoms with Crippen molar-refractivity contribution in [2.75, 3.05) is 0 Å². The molecule has 2 heteroatoms. The summed E-state index contributed by atoms with van der Waals surface area (Å²) in [6.45, 7) is 16.0. The molecule has 168 valence electrons. The molecule has 0 aliphatic heterocycles. The molecule has 2 N–H and O–H groups in total. The zero-order valence-corrected chi connectivity index (χ0v) is 19.9. The molecule has 3 saturated carbocycles. The molecule has 3 fully saturated rings. The van der Waals surface area contributed by atoms with Gasteiger partial charge in [-0.3, -0.25) is 0 Å². The minimum absolute atomic E-state index is 0.385. The van der Waals surface area contributed by atoms with E-state index in [0.717, 1.165) is 17.1 Å². The number of aliphatic hydroxyl groups is 2. The quantitative estimate of drug-likeness (QED) is 0.499. The van der Waals surface area contributed by atoms with Gasteiger partial charge < -0.3 is 10.2 Å². The van der Waals surface area contributed by atoms with Gasteiger partial charge in [-0.15, -0.1) is 0 Å². The van der Waals surface area contributed by atoms with E-state index in [-0.39, 0.29) is 0 Å². The molecule has 3 rings (SSSR count). The zero-order valence-electron chi connectivity index (χ0n) is 19.9. The molecule has 30 heavy (non-hydrogen) atoms. The molecule has 0 aromatic carbocycles. The fourth-order valence-electron chi connectivity index (χ4n) is 6.32. The highest BCUT2D eigenvalue weighted by Crippen LogP contribution is 2.59. The Morgan fingerprint density at radius 2 is 1.80 bits per heavy atom. The molecule has 0 heterocycles. The smallest absolute Gasteiger partial charge is 0.0811 e. The predicted octanol–water partition coefficient (Wildman–Crippen LogP) is 6.61. The van der Waals surface area contributed by atoms with E-state index in [1.807, 2.05) is 0 Å². The van der Waals surface area contributed by atoms with Crippen molar-refractivity contribution in [3.8, 4) is 0 Å². The third kappa shape index (κ3) is 4.86. The zero-order chi connectivity index (χ0) is 22.1. The molecule has 0 aromatic rings. The molecule has 0 radical (unpaired) electrons. The van der Waals surface area contributed by atoms with Gasteiger partial charge in [-0.2, -0.15) is 0 Å². The van der Waals surface area contributed by atoms with Crippen LogP contribution >= 0.6 is 0 Å². The second-order valence-electron chi connectivity index (χ2n) is 11.0. The van der Waals surface area contributed by atoms with E-state index >= 15 is 0 Å². The molecule has 3 aliphatic rings. The lowest BCUT2D eigenvalue weighted by molar-refractivity contribution is 0.0862. The van der Waals surface area contributed by atoms with Gasteiger partial charge >= 0.3 is 0 Å². The van der Waals surface area contributed by atoms with Gasteiger partial charge in [0.05, 0.1) is 12.2 Å². The first kappa shape index (κ1) is 23.5. The molecule has 7 atom stereocenters. The SMILES string of the molecule is C=C1C(=CC=C2CCC[C@]3(C)[C@@H]([C@H](C)/C=C/[C@H](C)C(C)C)CC[C@@H]23)C[C@@H](O)C[C@H]1O. The molecule has 2 nitrogen and oxygen atoms in total. The van der Waals surface area contributed by atoms with Crippen LogP contribution in [-0.4, -0.2) is 22.4 Å². The molecular formula is C28H44O2. The van der Waals surface area contributed by atoms with Crippen molar-refractivity contribution < 1.29 is 10.2 Å². The maximum atomic E-state index is 10.1. The highest BCUT2D eigenvalue weighted by Gasteiger charge is 2.50. The molecule has 0 unspecified atom stereocenters. The van der Waals surface area contributed by atoms with Crippen molar-refractivity contribution in [2.24, 2.45) is 35.0 Å². The van der Waals surface area contributed by atoms with Gasteiger partial charge in [0.25, 0.3) is 0 Å². The van der Waals surface area contributed by atoms with E-state index < -0.39 is 12.2 Å². The van der Waals surface area contributed by atoms with Crippen molar-refractivity contribution in [3.05, 3.63) is 47.6 Å². The van der Waals surface area contributed by atoms with Crippen molar-refractivity contribution >= 4 is 0 Å². The van der Waals surface area contributed by atoms with Gasteiger partial charge in [-0.05, 0) is 84.7 Å². The van der Waals surface area contributed by atoms with E-state index in [1.165, 1.54) is 32.1 Å². The Balaban J connectivity index is 1.76. The summed E-state index contributed by atoms with van der Waals surface area (Å²) in [7, 11) is 0. The molecule has 0 spiro atoms. The maximum Gasteiger partial charge on any atom is 0.0811 e. The van der Waals surface area contributed by atoms with Crippen LogP contribution in [-0.2, 0) is 0 Å². The van der Waals surface area contributed by atoms with E-state index in [4.69, 9.17) is 0 Å². The Kier molecular flexibility index (Phi) is 7.51. The number of allylic oxidation sites excluding steroid dienone is 5. The first-order valence-corrected chi connectivity index (χ1v) is 12.3. The molecule has 0 amide bonds. The van der Waals surface area contributed by atoms with Gasteiger partial charge in [0.15, 0.2) is 0 Å². The van der Waals surface area contributed by atoms with Crippen LogP contribution in [0.5, 0.6) is 0 Å².